The van der Waals surface area contributed by atoms with Gasteiger partial charge >= 0.3 is 0 Å². The van der Waals surface area contributed by atoms with Gasteiger partial charge in [0.25, 0.3) is 0 Å². The lowest BCUT2D eigenvalue weighted by molar-refractivity contribution is 0.116. The second-order valence-corrected chi connectivity index (χ2v) is 5.11. The number of nitrogens with zero attached hydrogens (tertiary/aromatic N) is 1. The molecule has 2 fully saturated rings. The van der Waals surface area contributed by atoms with Crippen LogP contribution in [0.1, 0.15) is 51.9 Å². The highest BCUT2D eigenvalue weighted by molar-refractivity contribution is 4.75. The first-order valence-corrected chi connectivity index (χ1v) is 6.36. The molecule has 1 atom stereocenters. The van der Waals surface area contributed by atoms with Crippen LogP contribution in [0, 0.1) is 5.92 Å². The van der Waals surface area contributed by atoms with E-state index < -0.39 is 0 Å². The van der Waals surface area contributed by atoms with E-state index >= 15 is 0 Å². The average Bonchev–Trinajstić information content (AvgIpc) is 2.13. The maximum atomic E-state index is 3.65. The SMILES string of the molecule is CC(CC1CCC1)NN1CCCCC1. The number of hydrogen-bond donors (Lipinski definition) is 1. The topological polar surface area (TPSA) is 15.3 Å². The standard InChI is InChI=1S/C12H24N2/c1-11(10-12-6-5-7-12)13-14-8-3-2-4-9-14/h11-13H,2-10H2,1H3. The number of hydrazine groups is 1. The molecule has 82 valence electrons. The molecule has 0 bridgehead atoms. The van der Waals surface area contributed by atoms with Gasteiger partial charge in [-0.05, 0) is 32.1 Å². The van der Waals surface area contributed by atoms with Crippen LogP contribution < -0.4 is 5.43 Å². The van der Waals surface area contributed by atoms with Crippen molar-refractivity contribution in [2.45, 2.75) is 57.9 Å². The van der Waals surface area contributed by atoms with Gasteiger partial charge in [-0.25, -0.2) is 5.01 Å². The minimum absolute atomic E-state index is 0.693. The Kier molecular flexibility index (Phi) is 3.82. The lowest BCUT2D eigenvalue weighted by Gasteiger charge is -2.34. The van der Waals surface area contributed by atoms with E-state index in [1.807, 2.05) is 0 Å². The summed E-state index contributed by atoms with van der Waals surface area (Å²) in [7, 11) is 0. The lowest BCUT2D eigenvalue weighted by atomic mass is 9.81. The summed E-state index contributed by atoms with van der Waals surface area (Å²) in [6.07, 6.45) is 10.00. The number of rotatable bonds is 4. The van der Waals surface area contributed by atoms with Gasteiger partial charge in [-0.1, -0.05) is 25.7 Å². The van der Waals surface area contributed by atoms with E-state index in [2.05, 4.69) is 17.4 Å². The molecule has 1 saturated carbocycles. The number of nitrogens with one attached hydrogen (secondary N) is 1. The Labute approximate surface area is 88.0 Å². The third kappa shape index (κ3) is 2.96. The maximum absolute atomic E-state index is 3.65. The van der Waals surface area contributed by atoms with E-state index in [9.17, 15) is 0 Å². The van der Waals surface area contributed by atoms with E-state index in [4.69, 9.17) is 0 Å². The Morgan fingerprint density at radius 1 is 1.14 bits per heavy atom. The van der Waals surface area contributed by atoms with Crippen LogP contribution in [0.4, 0.5) is 0 Å². The molecule has 2 aliphatic rings. The smallest absolute Gasteiger partial charge is 0.0189 e. The summed E-state index contributed by atoms with van der Waals surface area (Å²) < 4.78 is 0. The minimum Gasteiger partial charge on any atom is -0.252 e. The normalized spacial score (nSPS) is 27.2. The van der Waals surface area contributed by atoms with Crippen molar-refractivity contribution in [1.82, 2.24) is 10.4 Å². The summed E-state index contributed by atoms with van der Waals surface area (Å²) in [5, 5.41) is 2.44. The molecule has 1 unspecified atom stereocenters. The molecular formula is C12H24N2. The molecule has 0 aromatic carbocycles. The average molecular weight is 196 g/mol. The molecule has 2 heteroatoms. The summed E-state index contributed by atoms with van der Waals surface area (Å²) in [5.41, 5.74) is 3.65. The van der Waals surface area contributed by atoms with Crippen LogP contribution in [0.15, 0.2) is 0 Å². The first kappa shape index (κ1) is 10.4. The van der Waals surface area contributed by atoms with Crippen LogP contribution in [-0.4, -0.2) is 24.1 Å². The second-order valence-electron chi connectivity index (χ2n) is 5.11. The zero-order chi connectivity index (χ0) is 9.80. The third-order valence-corrected chi connectivity index (χ3v) is 3.67. The molecule has 1 N–H and O–H groups in total. The Balaban J connectivity index is 1.62. The summed E-state index contributed by atoms with van der Waals surface area (Å²) in [4.78, 5) is 0. The van der Waals surface area contributed by atoms with E-state index in [1.54, 1.807) is 0 Å². The van der Waals surface area contributed by atoms with Crippen LogP contribution in [-0.2, 0) is 0 Å². The first-order valence-electron chi connectivity index (χ1n) is 6.36. The van der Waals surface area contributed by atoms with Crippen LogP contribution in [0.25, 0.3) is 0 Å². The van der Waals surface area contributed by atoms with Crippen molar-refractivity contribution in [1.29, 1.82) is 0 Å². The molecule has 0 aromatic heterocycles. The minimum atomic E-state index is 0.693. The van der Waals surface area contributed by atoms with Crippen LogP contribution >= 0.6 is 0 Å². The van der Waals surface area contributed by atoms with Crippen LogP contribution in [0.2, 0.25) is 0 Å². The highest BCUT2D eigenvalue weighted by Crippen LogP contribution is 2.30. The molecular weight excluding hydrogens is 172 g/mol. The van der Waals surface area contributed by atoms with E-state index in [1.165, 1.54) is 58.0 Å². The Morgan fingerprint density at radius 3 is 2.43 bits per heavy atom. The Hall–Kier alpha value is -0.0800. The molecule has 1 aliphatic heterocycles. The fraction of sp³-hybridized carbons (Fsp3) is 1.00. The molecule has 0 spiro atoms. The van der Waals surface area contributed by atoms with E-state index in [-0.39, 0.29) is 0 Å². The quantitative estimate of drug-likeness (QED) is 0.743. The maximum Gasteiger partial charge on any atom is 0.0189 e. The molecule has 0 radical (unpaired) electrons. The van der Waals surface area contributed by atoms with Gasteiger partial charge in [0.1, 0.15) is 0 Å². The monoisotopic (exact) mass is 196 g/mol. The predicted octanol–water partition coefficient (Wildman–Crippen LogP) is 2.56. The van der Waals surface area contributed by atoms with Crippen molar-refractivity contribution < 1.29 is 0 Å². The van der Waals surface area contributed by atoms with Crippen molar-refractivity contribution in [3.8, 4) is 0 Å². The van der Waals surface area contributed by atoms with Crippen molar-refractivity contribution in [3.05, 3.63) is 0 Å². The van der Waals surface area contributed by atoms with E-state index in [0.29, 0.717) is 6.04 Å². The highest BCUT2D eigenvalue weighted by Gasteiger charge is 2.21. The first-order chi connectivity index (χ1) is 6.84. The Morgan fingerprint density at radius 2 is 1.86 bits per heavy atom. The third-order valence-electron chi connectivity index (χ3n) is 3.67. The van der Waals surface area contributed by atoms with Gasteiger partial charge in [0, 0.05) is 19.1 Å². The van der Waals surface area contributed by atoms with Crippen molar-refractivity contribution in [2.24, 2.45) is 5.92 Å². The van der Waals surface area contributed by atoms with Gasteiger partial charge in [-0.2, -0.15) is 0 Å². The van der Waals surface area contributed by atoms with Crippen LogP contribution in [0.3, 0.4) is 0 Å². The lowest BCUT2D eigenvalue weighted by Crippen LogP contribution is -2.47. The van der Waals surface area contributed by atoms with Crippen LogP contribution in [0.5, 0.6) is 0 Å². The summed E-state index contributed by atoms with van der Waals surface area (Å²) in [6.45, 7) is 4.86. The van der Waals surface area contributed by atoms with Gasteiger partial charge < -0.3 is 0 Å². The molecule has 14 heavy (non-hydrogen) atoms. The molecule has 2 nitrogen and oxygen atoms in total. The molecule has 1 aliphatic carbocycles. The largest absolute Gasteiger partial charge is 0.252 e. The Bertz CT molecular complexity index is 160. The van der Waals surface area contributed by atoms with Crippen molar-refractivity contribution in [3.63, 3.8) is 0 Å². The summed E-state index contributed by atoms with van der Waals surface area (Å²) in [5.74, 6) is 1.03. The number of piperidine rings is 1. The molecule has 1 saturated heterocycles. The molecule has 0 aromatic rings. The predicted molar refractivity (Wildman–Crippen MR) is 60.0 cm³/mol. The van der Waals surface area contributed by atoms with Crippen molar-refractivity contribution in [2.75, 3.05) is 13.1 Å². The van der Waals surface area contributed by atoms with Crippen molar-refractivity contribution >= 4 is 0 Å². The highest BCUT2D eigenvalue weighted by atomic mass is 15.5. The fourth-order valence-electron chi connectivity index (χ4n) is 2.62. The van der Waals surface area contributed by atoms with Gasteiger partial charge in [-0.15, -0.1) is 0 Å². The molecule has 2 rings (SSSR count). The van der Waals surface area contributed by atoms with Gasteiger partial charge in [-0.3, -0.25) is 5.43 Å². The molecule has 1 heterocycles. The zero-order valence-corrected chi connectivity index (χ0v) is 9.47. The molecule has 0 amide bonds. The second kappa shape index (κ2) is 5.13. The van der Waals surface area contributed by atoms with E-state index in [0.717, 1.165) is 5.92 Å². The number of hydrogen-bond acceptors (Lipinski definition) is 2. The fourth-order valence-corrected chi connectivity index (χ4v) is 2.62. The summed E-state index contributed by atoms with van der Waals surface area (Å²) >= 11 is 0. The summed E-state index contributed by atoms with van der Waals surface area (Å²) in [6, 6.07) is 0.693. The zero-order valence-electron chi connectivity index (χ0n) is 9.47. The van der Waals surface area contributed by atoms with Gasteiger partial charge in [0.15, 0.2) is 0 Å². The van der Waals surface area contributed by atoms with Gasteiger partial charge in [0.05, 0.1) is 0 Å². The van der Waals surface area contributed by atoms with Gasteiger partial charge in [0.2, 0.25) is 0 Å².